The first kappa shape index (κ1) is 12.7. The van der Waals surface area contributed by atoms with E-state index in [0.717, 1.165) is 11.1 Å². The maximum absolute atomic E-state index is 11.8. The average molecular weight is 290 g/mol. The Morgan fingerprint density at radius 2 is 2.05 bits per heavy atom. The standard InChI is InChI=1S/C14H12ClN3O2/c1-17-11(13(19)18(2)14(17)20)6-8-7-16-12-9(8)4-3-5-10(12)15/h3-7,19H,1-2H3/b8-6+. The lowest BCUT2D eigenvalue weighted by Crippen LogP contribution is -2.19. The molecule has 20 heavy (non-hydrogen) atoms. The van der Waals surface area contributed by atoms with Crippen LogP contribution in [0.2, 0.25) is 5.02 Å². The van der Waals surface area contributed by atoms with Crippen LogP contribution in [0.15, 0.2) is 28.0 Å². The second-order valence-electron chi connectivity index (χ2n) is 4.60. The molecule has 0 radical (unpaired) electrons. The molecule has 1 aromatic carbocycles. The zero-order valence-corrected chi connectivity index (χ0v) is 11.7. The van der Waals surface area contributed by atoms with Crippen molar-refractivity contribution in [1.29, 1.82) is 0 Å². The van der Waals surface area contributed by atoms with E-state index >= 15 is 0 Å². The summed E-state index contributed by atoms with van der Waals surface area (Å²) in [7, 11) is 3.13. The van der Waals surface area contributed by atoms with Gasteiger partial charge in [-0.2, -0.15) is 0 Å². The number of para-hydroxylation sites is 1. The van der Waals surface area contributed by atoms with Gasteiger partial charge in [0.1, 0.15) is 5.69 Å². The third kappa shape index (κ3) is 1.71. The molecule has 0 saturated carbocycles. The maximum atomic E-state index is 11.8. The zero-order valence-electron chi connectivity index (χ0n) is 11.0. The van der Waals surface area contributed by atoms with E-state index in [0.29, 0.717) is 16.4 Å². The molecule has 102 valence electrons. The minimum absolute atomic E-state index is 0.0751. The fourth-order valence-electron chi connectivity index (χ4n) is 2.25. The molecule has 0 unspecified atom stereocenters. The highest BCUT2D eigenvalue weighted by Gasteiger charge is 2.18. The van der Waals surface area contributed by atoms with E-state index in [2.05, 4.69) is 4.99 Å². The summed E-state index contributed by atoms with van der Waals surface area (Å²) in [5.41, 5.74) is 2.55. The summed E-state index contributed by atoms with van der Waals surface area (Å²) in [5.74, 6) is -0.0751. The number of halogens is 1. The van der Waals surface area contributed by atoms with E-state index in [4.69, 9.17) is 11.6 Å². The Morgan fingerprint density at radius 3 is 2.70 bits per heavy atom. The summed E-state index contributed by atoms with van der Waals surface area (Å²) >= 11 is 6.08. The van der Waals surface area contributed by atoms with E-state index in [1.54, 1.807) is 25.4 Å². The van der Waals surface area contributed by atoms with Crippen molar-refractivity contribution in [1.82, 2.24) is 9.13 Å². The van der Waals surface area contributed by atoms with Crippen molar-refractivity contribution in [3.05, 3.63) is 45.0 Å². The molecule has 1 aliphatic rings. The van der Waals surface area contributed by atoms with Crippen molar-refractivity contribution in [3.63, 3.8) is 0 Å². The van der Waals surface area contributed by atoms with Crippen LogP contribution in [-0.4, -0.2) is 20.5 Å². The molecule has 5 nitrogen and oxygen atoms in total. The number of fused-ring (bicyclic) bond motifs is 1. The minimum atomic E-state index is -0.282. The van der Waals surface area contributed by atoms with E-state index in [1.807, 2.05) is 12.1 Å². The summed E-state index contributed by atoms with van der Waals surface area (Å²) in [5, 5.41) is 10.6. The van der Waals surface area contributed by atoms with Gasteiger partial charge in [-0.1, -0.05) is 23.7 Å². The smallest absolute Gasteiger partial charge is 0.330 e. The molecule has 0 amide bonds. The number of imidazole rings is 1. The quantitative estimate of drug-likeness (QED) is 0.876. The normalized spacial score (nSPS) is 15.1. The molecule has 2 heterocycles. The van der Waals surface area contributed by atoms with Crippen LogP contribution in [0.4, 0.5) is 5.69 Å². The Hall–Kier alpha value is -2.27. The van der Waals surface area contributed by atoms with Gasteiger partial charge >= 0.3 is 5.69 Å². The fraction of sp³-hybridized carbons (Fsp3) is 0.143. The van der Waals surface area contributed by atoms with Crippen molar-refractivity contribution >= 4 is 35.2 Å². The molecule has 0 saturated heterocycles. The Bertz CT molecular complexity index is 828. The Kier molecular flexibility index (Phi) is 2.79. The molecule has 0 bridgehead atoms. The minimum Gasteiger partial charge on any atom is -0.493 e. The van der Waals surface area contributed by atoms with E-state index in [9.17, 15) is 9.90 Å². The molecule has 2 aromatic rings. The number of hydrogen-bond acceptors (Lipinski definition) is 3. The van der Waals surface area contributed by atoms with Crippen molar-refractivity contribution < 1.29 is 5.11 Å². The molecular weight excluding hydrogens is 278 g/mol. The Morgan fingerprint density at radius 1 is 1.30 bits per heavy atom. The van der Waals surface area contributed by atoms with Crippen LogP contribution in [0.1, 0.15) is 11.3 Å². The number of benzene rings is 1. The second-order valence-corrected chi connectivity index (χ2v) is 5.01. The molecule has 1 aromatic heterocycles. The van der Waals surface area contributed by atoms with Gasteiger partial charge in [-0.3, -0.25) is 14.1 Å². The summed E-state index contributed by atoms with van der Waals surface area (Å²) < 4.78 is 2.58. The monoisotopic (exact) mass is 289 g/mol. The number of hydrogen-bond donors (Lipinski definition) is 1. The topological polar surface area (TPSA) is 59.5 Å². The van der Waals surface area contributed by atoms with E-state index in [1.165, 1.54) is 16.2 Å². The first-order valence-electron chi connectivity index (χ1n) is 6.00. The number of allylic oxidation sites excluding steroid dienone is 1. The highest BCUT2D eigenvalue weighted by atomic mass is 35.5. The van der Waals surface area contributed by atoms with E-state index < -0.39 is 0 Å². The van der Waals surface area contributed by atoms with Crippen LogP contribution >= 0.6 is 11.6 Å². The largest absolute Gasteiger partial charge is 0.493 e. The third-order valence-electron chi connectivity index (χ3n) is 3.40. The summed E-state index contributed by atoms with van der Waals surface area (Å²) in [4.78, 5) is 16.0. The highest BCUT2D eigenvalue weighted by Crippen LogP contribution is 2.38. The van der Waals surface area contributed by atoms with Gasteiger partial charge in [0.2, 0.25) is 5.88 Å². The molecule has 6 heteroatoms. The fourth-order valence-corrected chi connectivity index (χ4v) is 2.47. The Balaban J connectivity index is 2.19. The van der Waals surface area contributed by atoms with Crippen molar-refractivity contribution in [2.45, 2.75) is 0 Å². The molecule has 0 fully saturated rings. The van der Waals surface area contributed by atoms with Crippen LogP contribution in [0, 0.1) is 0 Å². The number of nitrogens with zero attached hydrogens (tertiary/aromatic N) is 3. The van der Waals surface area contributed by atoms with E-state index in [-0.39, 0.29) is 11.6 Å². The van der Waals surface area contributed by atoms with Crippen LogP contribution in [0.3, 0.4) is 0 Å². The van der Waals surface area contributed by atoms with Gasteiger partial charge < -0.3 is 5.11 Å². The number of aliphatic imine (C=N–C) groups is 1. The SMILES string of the molecule is Cn1c(O)c(/C=C2\C=Nc3c(Cl)cccc32)n(C)c1=O. The highest BCUT2D eigenvalue weighted by molar-refractivity contribution is 6.35. The van der Waals surface area contributed by atoms with Gasteiger partial charge in [0, 0.05) is 31.4 Å². The number of aromatic hydroxyl groups is 1. The van der Waals surface area contributed by atoms with Gasteiger partial charge in [0.15, 0.2) is 0 Å². The summed E-state index contributed by atoms with van der Waals surface area (Å²) in [6, 6.07) is 5.52. The third-order valence-corrected chi connectivity index (χ3v) is 3.71. The van der Waals surface area contributed by atoms with Gasteiger partial charge in [-0.25, -0.2) is 4.79 Å². The van der Waals surface area contributed by atoms with Gasteiger partial charge in [-0.05, 0) is 12.1 Å². The van der Waals surface area contributed by atoms with Crippen LogP contribution in [0.25, 0.3) is 11.6 Å². The predicted octanol–water partition coefficient (Wildman–Crippen LogP) is 2.34. The second kappa shape index (κ2) is 4.38. The number of aromatic nitrogens is 2. The zero-order chi connectivity index (χ0) is 14.4. The average Bonchev–Trinajstić information content (AvgIpc) is 2.92. The molecule has 3 rings (SSSR count). The van der Waals surface area contributed by atoms with Crippen molar-refractivity contribution in [2.75, 3.05) is 0 Å². The van der Waals surface area contributed by atoms with Crippen molar-refractivity contribution in [2.24, 2.45) is 19.1 Å². The maximum Gasteiger partial charge on any atom is 0.330 e. The molecule has 1 N–H and O–H groups in total. The lowest BCUT2D eigenvalue weighted by atomic mass is 10.1. The Labute approximate surface area is 120 Å². The first-order valence-corrected chi connectivity index (χ1v) is 6.38. The van der Waals surface area contributed by atoms with Crippen LogP contribution in [-0.2, 0) is 14.1 Å². The van der Waals surface area contributed by atoms with Crippen molar-refractivity contribution in [3.8, 4) is 5.88 Å². The molecular formula is C14H12ClN3O2. The number of rotatable bonds is 1. The van der Waals surface area contributed by atoms with Crippen LogP contribution < -0.4 is 5.69 Å². The van der Waals surface area contributed by atoms with Crippen LogP contribution in [0.5, 0.6) is 5.88 Å². The molecule has 1 aliphatic heterocycles. The molecule has 0 spiro atoms. The van der Waals surface area contributed by atoms with Gasteiger partial charge in [0.25, 0.3) is 0 Å². The van der Waals surface area contributed by atoms with Gasteiger partial charge in [-0.15, -0.1) is 0 Å². The lowest BCUT2D eigenvalue weighted by Gasteiger charge is -2.02. The summed E-state index contributed by atoms with van der Waals surface area (Å²) in [6.45, 7) is 0. The lowest BCUT2D eigenvalue weighted by molar-refractivity contribution is 0.428. The van der Waals surface area contributed by atoms with Gasteiger partial charge in [0.05, 0.1) is 10.7 Å². The first-order chi connectivity index (χ1) is 9.50. The predicted molar refractivity (Wildman–Crippen MR) is 79.8 cm³/mol. The molecule has 0 atom stereocenters. The molecule has 0 aliphatic carbocycles. The summed E-state index contributed by atoms with van der Waals surface area (Å²) in [6.07, 6.45) is 3.40.